The van der Waals surface area contributed by atoms with Crippen LogP contribution in [0.1, 0.15) is 5.56 Å². The van der Waals surface area contributed by atoms with Gasteiger partial charge in [-0.3, -0.25) is 0 Å². The first kappa shape index (κ1) is 12.7. The highest BCUT2D eigenvalue weighted by Crippen LogP contribution is 2.13. The van der Waals surface area contributed by atoms with E-state index in [1.807, 2.05) is 12.1 Å². The van der Waals surface area contributed by atoms with Crippen molar-refractivity contribution in [2.75, 3.05) is 24.2 Å². The number of nitriles is 1. The maximum absolute atomic E-state index is 8.91. The van der Waals surface area contributed by atoms with Crippen LogP contribution >= 0.6 is 0 Å². The Balaban J connectivity index is 1.81. The molecule has 0 spiro atoms. The normalized spacial score (nSPS) is 9.63. The summed E-state index contributed by atoms with van der Waals surface area (Å²) in [5, 5.41) is 12.0. The summed E-state index contributed by atoms with van der Waals surface area (Å²) in [4.78, 5) is 4.10. The van der Waals surface area contributed by atoms with E-state index in [9.17, 15) is 0 Å². The number of hydrogen-bond donors (Lipinski definition) is 2. The predicted molar refractivity (Wildman–Crippen MR) is 73.8 cm³/mol. The second-order valence-electron chi connectivity index (χ2n) is 3.86. The summed E-state index contributed by atoms with van der Waals surface area (Å²) in [7, 11) is 0. The molecule has 0 bridgehead atoms. The molecule has 5 nitrogen and oxygen atoms in total. The minimum Gasteiger partial charge on any atom is -0.492 e. The molecule has 0 saturated carbocycles. The Labute approximate surface area is 111 Å². The summed E-state index contributed by atoms with van der Waals surface area (Å²) in [6.07, 6.45) is 1.64. The maximum atomic E-state index is 8.91. The summed E-state index contributed by atoms with van der Waals surface area (Å²) < 4.78 is 5.53. The number of nitrogens with two attached hydrogens (primary N) is 1. The molecule has 0 unspecified atom stereocenters. The second-order valence-corrected chi connectivity index (χ2v) is 3.86. The number of nitrogens with one attached hydrogen (secondary N) is 1. The van der Waals surface area contributed by atoms with Crippen molar-refractivity contribution in [1.29, 1.82) is 5.26 Å². The first-order chi connectivity index (χ1) is 9.29. The first-order valence-corrected chi connectivity index (χ1v) is 5.87. The van der Waals surface area contributed by atoms with Gasteiger partial charge in [-0.05, 0) is 36.4 Å². The van der Waals surface area contributed by atoms with E-state index < -0.39 is 0 Å². The molecule has 0 fully saturated rings. The number of pyridine rings is 1. The van der Waals surface area contributed by atoms with Crippen molar-refractivity contribution < 1.29 is 4.74 Å². The molecule has 2 aromatic rings. The van der Waals surface area contributed by atoms with Crippen molar-refractivity contribution in [3.63, 3.8) is 0 Å². The molecular formula is C14H14N4O. The number of ether oxygens (including phenoxy) is 1. The van der Waals surface area contributed by atoms with Crippen LogP contribution in [0.5, 0.6) is 5.75 Å². The topological polar surface area (TPSA) is 84.0 Å². The Morgan fingerprint density at radius 2 is 2.05 bits per heavy atom. The summed E-state index contributed by atoms with van der Waals surface area (Å²) >= 11 is 0. The van der Waals surface area contributed by atoms with Gasteiger partial charge in [-0.2, -0.15) is 5.26 Å². The Morgan fingerprint density at radius 3 is 2.79 bits per heavy atom. The molecule has 3 N–H and O–H groups in total. The minimum atomic E-state index is 0.478. The lowest BCUT2D eigenvalue weighted by Gasteiger charge is -2.08. The van der Waals surface area contributed by atoms with Gasteiger partial charge in [0.05, 0.1) is 12.1 Å². The molecule has 1 aromatic carbocycles. The highest BCUT2D eigenvalue weighted by Gasteiger charge is 2.01. The Morgan fingerprint density at radius 1 is 1.26 bits per heavy atom. The van der Waals surface area contributed by atoms with Gasteiger partial charge >= 0.3 is 0 Å². The maximum Gasteiger partial charge on any atom is 0.144 e. The molecule has 0 atom stereocenters. The van der Waals surface area contributed by atoms with Gasteiger partial charge in [-0.25, -0.2) is 4.98 Å². The third-order valence-corrected chi connectivity index (χ3v) is 2.47. The van der Waals surface area contributed by atoms with Crippen LogP contribution in [0.3, 0.4) is 0 Å². The van der Waals surface area contributed by atoms with Crippen LogP contribution in [-0.4, -0.2) is 18.1 Å². The van der Waals surface area contributed by atoms with Crippen LogP contribution in [0.4, 0.5) is 11.5 Å². The van der Waals surface area contributed by atoms with E-state index in [-0.39, 0.29) is 0 Å². The van der Waals surface area contributed by atoms with Crippen molar-refractivity contribution in [3.8, 4) is 11.8 Å². The van der Waals surface area contributed by atoms with Crippen molar-refractivity contribution in [1.82, 2.24) is 4.98 Å². The van der Waals surface area contributed by atoms with Crippen molar-refractivity contribution in [2.45, 2.75) is 0 Å². The van der Waals surface area contributed by atoms with Crippen LogP contribution in [0.15, 0.2) is 42.6 Å². The highest BCUT2D eigenvalue weighted by molar-refractivity contribution is 5.51. The number of nitrogens with zero attached hydrogens (tertiary/aromatic N) is 2. The lowest BCUT2D eigenvalue weighted by atomic mass is 10.3. The molecule has 0 saturated heterocycles. The standard InChI is InChI=1S/C14H14N4O/c15-10-11-2-1-7-17-14(11)18-8-9-19-13-5-3-12(16)4-6-13/h1-7H,8-9,16H2,(H,17,18). The molecule has 0 aliphatic carbocycles. The highest BCUT2D eigenvalue weighted by atomic mass is 16.5. The zero-order chi connectivity index (χ0) is 13.5. The van der Waals surface area contributed by atoms with Gasteiger partial charge in [0.25, 0.3) is 0 Å². The fourth-order valence-electron chi connectivity index (χ4n) is 1.54. The zero-order valence-electron chi connectivity index (χ0n) is 10.3. The lowest BCUT2D eigenvalue weighted by Crippen LogP contribution is -2.13. The van der Waals surface area contributed by atoms with E-state index >= 15 is 0 Å². The lowest BCUT2D eigenvalue weighted by molar-refractivity contribution is 0.333. The van der Waals surface area contributed by atoms with E-state index in [1.54, 1.807) is 30.5 Å². The van der Waals surface area contributed by atoms with Gasteiger partial charge in [0, 0.05) is 11.9 Å². The Bertz CT molecular complexity index is 575. The van der Waals surface area contributed by atoms with Crippen molar-refractivity contribution >= 4 is 11.5 Å². The summed E-state index contributed by atoms with van der Waals surface area (Å²) in [6, 6.07) is 12.7. The van der Waals surface area contributed by atoms with E-state index in [1.165, 1.54) is 0 Å². The van der Waals surface area contributed by atoms with Gasteiger partial charge < -0.3 is 15.8 Å². The molecule has 1 heterocycles. The second kappa shape index (κ2) is 6.26. The largest absolute Gasteiger partial charge is 0.492 e. The molecule has 96 valence electrons. The van der Waals surface area contributed by atoms with Crippen molar-refractivity contribution in [3.05, 3.63) is 48.2 Å². The fourth-order valence-corrected chi connectivity index (χ4v) is 1.54. The average molecular weight is 254 g/mol. The van der Waals surface area contributed by atoms with E-state index in [0.717, 1.165) is 5.75 Å². The molecule has 1 aromatic heterocycles. The van der Waals surface area contributed by atoms with Gasteiger partial charge in [0.15, 0.2) is 0 Å². The molecule has 0 radical (unpaired) electrons. The molecule has 0 aliphatic rings. The number of aromatic nitrogens is 1. The van der Waals surface area contributed by atoms with E-state index in [4.69, 9.17) is 15.7 Å². The molecule has 0 aliphatic heterocycles. The fraction of sp³-hybridized carbons (Fsp3) is 0.143. The molecule has 0 amide bonds. The Hall–Kier alpha value is -2.74. The quantitative estimate of drug-likeness (QED) is 0.630. The monoisotopic (exact) mass is 254 g/mol. The Kier molecular flexibility index (Phi) is 4.19. The average Bonchev–Trinajstić information content (AvgIpc) is 2.46. The first-order valence-electron chi connectivity index (χ1n) is 5.87. The van der Waals surface area contributed by atoms with Crippen molar-refractivity contribution in [2.24, 2.45) is 0 Å². The van der Waals surface area contributed by atoms with E-state index in [0.29, 0.717) is 30.2 Å². The summed E-state index contributed by atoms with van der Waals surface area (Å²) in [5.74, 6) is 1.34. The number of hydrogen-bond acceptors (Lipinski definition) is 5. The van der Waals surface area contributed by atoms with E-state index in [2.05, 4.69) is 16.4 Å². The predicted octanol–water partition coefficient (Wildman–Crippen LogP) is 2.03. The summed E-state index contributed by atoms with van der Waals surface area (Å²) in [6.45, 7) is 1.04. The SMILES string of the molecule is N#Cc1cccnc1NCCOc1ccc(N)cc1. The van der Waals surface area contributed by atoms with Gasteiger partial charge in [0.1, 0.15) is 24.2 Å². The number of anilines is 2. The van der Waals surface area contributed by atoms with Crippen LogP contribution in [0.25, 0.3) is 0 Å². The number of rotatable bonds is 5. The van der Waals surface area contributed by atoms with Gasteiger partial charge in [-0.1, -0.05) is 0 Å². The van der Waals surface area contributed by atoms with Crippen LogP contribution in [0.2, 0.25) is 0 Å². The van der Waals surface area contributed by atoms with Crippen LogP contribution < -0.4 is 15.8 Å². The number of nitrogen functional groups attached to an aromatic ring is 1. The molecule has 2 rings (SSSR count). The van der Waals surface area contributed by atoms with Gasteiger partial charge in [-0.15, -0.1) is 0 Å². The zero-order valence-corrected chi connectivity index (χ0v) is 10.3. The van der Waals surface area contributed by atoms with Crippen LogP contribution in [0, 0.1) is 11.3 Å². The number of benzene rings is 1. The summed E-state index contributed by atoms with van der Waals surface area (Å²) in [5.41, 5.74) is 6.81. The van der Waals surface area contributed by atoms with Gasteiger partial charge in [0.2, 0.25) is 0 Å². The molecule has 5 heteroatoms. The molecular weight excluding hydrogens is 240 g/mol. The minimum absolute atomic E-state index is 0.478. The third kappa shape index (κ3) is 3.61. The smallest absolute Gasteiger partial charge is 0.144 e. The third-order valence-electron chi connectivity index (χ3n) is 2.47. The van der Waals surface area contributed by atoms with Crippen LogP contribution in [-0.2, 0) is 0 Å². The molecule has 19 heavy (non-hydrogen) atoms.